The smallest absolute Gasteiger partial charge is 0.207 e. The van der Waals surface area contributed by atoms with Gasteiger partial charge >= 0.3 is 0 Å². The van der Waals surface area contributed by atoms with Crippen molar-refractivity contribution in [3.63, 3.8) is 0 Å². The summed E-state index contributed by atoms with van der Waals surface area (Å²) in [6.07, 6.45) is 0. The fourth-order valence-corrected chi connectivity index (χ4v) is 2.93. The van der Waals surface area contributed by atoms with Crippen LogP contribution in [0.1, 0.15) is 20.8 Å². The molecule has 1 aromatic rings. The summed E-state index contributed by atoms with van der Waals surface area (Å²) in [5, 5.41) is 9.04. The Morgan fingerprint density at radius 1 is 1.32 bits per heavy atom. The Balaban J connectivity index is 3.32. The van der Waals surface area contributed by atoms with Gasteiger partial charge in [-0.15, -0.1) is 0 Å². The molecule has 0 heterocycles. The van der Waals surface area contributed by atoms with Crippen LogP contribution in [-0.4, -0.2) is 14.0 Å². The molecule has 4 nitrogen and oxygen atoms in total. The van der Waals surface area contributed by atoms with E-state index >= 15 is 0 Å². The van der Waals surface area contributed by atoms with Gasteiger partial charge in [-0.25, -0.2) is 17.2 Å². The number of sulfonamides is 1. The van der Waals surface area contributed by atoms with E-state index < -0.39 is 32.1 Å². The van der Waals surface area contributed by atoms with Gasteiger partial charge in [-0.3, -0.25) is 0 Å². The molecule has 19 heavy (non-hydrogen) atoms. The first-order valence-electron chi connectivity index (χ1n) is 5.53. The Morgan fingerprint density at radius 3 is 2.16 bits per heavy atom. The number of benzene rings is 1. The molecule has 0 saturated heterocycles. The summed E-state index contributed by atoms with van der Waals surface area (Å²) in [5.74, 6) is -2.77. The lowest BCUT2D eigenvalue weighted by Gasteiger charge is -2.27. The molecule has 0 fully saturated rings. The molecule has 0 spiro atoms. The van der Waals surface area contributed by atoms with Crippen LogP contribution in [0.5, 0.6) is 0 Å². The van der Waals surface area contributed by atoms with E-state index in [1.165, 1.54) is 6.92 Å². The minimum Gasteiger partial charge on any atom is -0.207 e. The Hall–Kier alpha value is -1.52. The number of rotatable bonds is 4. The van der Waals surface area contributed by atoms with Gasteiger partial charge in [-0.05, 0) is 25.0 Å². The highest BCUT2D eigenvalue weighted by atomic mass is 32.2. The molecule has 104 valence electrons. The first kappa shape index (κ1) is 15.5. The van der Waals surface area contributed by atoms with E-state index in [1.54, 1.807) is 13.8 Å². The van der Waals surface area contributed by atoms with E-state index in [-0.39, 0.29) is 5.92 Å². The second-order valence-corrected chi connectivity index (χ2v) is 6.24. The molecule has 0 bridgehead atoms. The van der Waals surface area contributed by atoms with Gasteiger partial charge in [0.15, 0.2) is 4.90 Å². The molecule has 1 atom stereocenters. The van der Waals surface area contributed by atoms with E-state index in [1.807, 2.05) is 10.8 Å². The zero-order valence-corrected chi connectivity index (χ0v) is 11.6. The molecule has 0 aliphatic carbocycles. The first-order valence-corrected chi connectivity index (χ1v) is 7.01. The largest absolute Gasteiger partial charge is 0.247 e. The van der Waals surface area contributed by atoms with Crippen LogP contribution in [0.4, 0.5) is 8.78 Å². The lowest BCUT2D eigenvalue weighted by atomic mass is 9.92. The van der Waals surface area contributed by atoms with Crippen LogP contribution in [-0.2, 0) is 10.0 Å². The van der Waals surface area contributed by atoms with Crippen molar-refractivity contribution in [2.24, 2.45) is 5.92 Å². The van der Waals surface area contributed by atoms with Crippen LogP contribution in [0, 0.1) is 28.9 Å². The van der Waals surface area contributed by atoms with Gasteiger partial charge in [0.05, 0.1) is 6.07 Å². The molecular weight excluding hydrogens is 274 g/mol. The second kappa shape index (κ2) is 5.23. The monoisotopic (exact) mass is 288 g/mol. The molecule has 1 aromatic carbocycles. The summed E-state index contributed by atoms with van der Waals surface area (Å²) >= 11 is 0. The van der Waals surface area contributed by atoms with Crippen LogP contribution >= 0.6 is 0 Å². The Bertz CT molecular complexity index is 603. The summed E-state index contributed by atoms with van der Waals surface area (Å²) in [6.45, 7) is 4.61. The van der Waals surface area contributed by atoms with Gasteiger partial charge in [-0.2, -0.15) is 9.98 Å². The zero-order chi connectivity index (χ0) is 14.8. The summed E-state index contributed by atoms with van der Waals surface area (Å²) in [6, 6.07) is 4.56. The summed E-state index contributed by atoms with van der Waals surface area (Å²) in [4.78, 5) is -1.07. The van der Waals surface area contributed by atoms with Crippen LogP contribution in [0.2, 0.25) is 0 Å². The lowest BCUT2D eigenvalue weighted by molar-refractivity contribution is 0.386. The highest BCUT2D eigenvalue weighted by Crippen LogP contribution is 2.23. The van der Waals surface area contributed by atoms with E-state index in [4.69, 9.17) is 5.26 Å². The van der Waals surface area contributed by atoms with Gasteiger partial charge in [-0.1, -0.05) is 19.9 Å². The minimum atomic E-state index is -4.46. The maximum Gasteiger partial charge on any atom is 0.247 e. The molecular formula is C12H14F2N2O2S. The van der Waals surface area contributed by atoms with E-state index in [0.29, 0.717) is 0 Å². The highest BCUT2D eigenvalue weighted by molar-refractivity contribution is 7.89. The van der Waals surface area contributed by atoms with Crippen LogP contribution in [0.15, 0.2) is 23.1 Å². The average Bonchev–Trinajstić information content (AvgIpc) is 2.27. The molecule has 0 aromatic heterocycles. The number of halogens is 2. The predicted octanol–water partition coefficient (Wildman–Crippen LogP) is 2.18. The first-order chi connectivity index (χ1) is 8.64. The van der Waals surface area contributed by atoms with Crippen LogP contribution in [0.25, 0.3) is 0 Å². The van der Waals surface area contributed by atoms with Gasteiger partial charge in [0, 0.05) is 0 Å². The fraction of sp³-hybridized carbons (Fsp3) is 0.417. The quantitative estimate of drug-likeness (QED) is 0.923. The van der Waals surface area contributed by atoms with Crippen molar-refractivity contribution in [3.8, 4) is 6.07 Å². The summed E-state index contributed by atoms with van der Waals surface area (Å²) in [7, 11) is -4.46. The number of nitriles is 1. The Morgan fingerprint density at radius 2 is 1.79 bits per heavy atom. The molecule has 0 aliphatic rings. The predicted molar refractivity (Wildman–Crippen MR) is 65.5 cm³/mol. The van der Waals surface area contributed by atoms with Crippen molar-refractivity contribution in [2.75, 3.05) is 0 Å². The van der Waals surface area contributed by atoms with Gasteiger partial charge < -0.3 is 0 Å². The van der Waals surface area contributed by atoms with Crippen molar-refractivity contribution < 1.29 is 17.2 Å². The third kappa shape index (κ3) is 3.08. The van der Waals surface area contributed by atoms with Gasteiger partial charge in [0.1, 0.15) is 17.2 Å². The van der Waals surface area contributed by atoms with Crippen LogP contribution in [0.3, 0.4) is 0 Å². The second-order valence-electron chi connectivity index (χ2n) is 4.63. The molecule has 0 aliphatic heterocycles. The van der Waals surface area contributed by atoms with E-state index in [9.17, 15) is 17.2 Å². The number of hydrogen-bond acceptors (Lipinski definition) is 3. The van der Waals surface area contributed by atoms with Crippen molar-refractivity contribution in [1.29, 1.82) is 5.26 Å². The van der Waals surface area contributed by atoms with Crippen molar-refractivity contribution in [2.45, 2.75) is 31.2 Å². The fourth-order valence-electron chi connectivity index (χ4n) is 1.34. The Labute approximate surface area is 111 Å². The van der Waals surface area contributed by atoms with Crippen molar-refractivity contribution >= 4 is 10.0 Å². The molecule has 0 amide bonds. The normalized spacial score (nSPS) is 15.0. The average molecular weight is 288 g/mol. The van der Waals surface area contributed by atoms with Gasteiger partial charge in [0.25, 0.3) is 0 Å². The molecule has 1 N–H and O–H groups in total. The summed E-state index contributed by atoms with van der Waals surface area (Å²) in [5.41, 5.74) is -1.45. The standard InChI is InChI=1S/C12H14F2N2O2S/c1-8(2)12(3,7-15)16-19(17,18)11-9(13)5-4-6-10(11)14/h4-6,8,16H,1-3H3/t12-/m0/s1. The SMILES string of the molecule is CC(C)[C@](C)(C#N)NS(=O)(=O)c1c(F)cccc1F. The molecule has 7 heteroatoms. The maximum absolute atomic E-state index is 13.5. The Kier molecular flexibility index (Phi) is 4.28. The maximum atomic E-state index is 13.5. The molecule has 1 rings (SSSR count). The lowest BCUT2D eigenvalue weighted by Crippen LogP contribution is -2.49. The number of nitrogens with one attached hydrogen (secondary N) is 1. The van der Waals surface area contributed by atoms with Crippen LogP contribution < -0.4 is 4.72 Å². The molecule has 0 radical (unpaired) electrons. The van der Waals surface area contributed by atoms with Crippen molar-refractivity contribution in [1.82, 2.24) is 4.72 Å². The zero-order valence-electron chi connectivity index (χ0n) is 10.7. The third-order valence-electron chi connectivity index (χ3n) is 2.92. The van der Waals surface area contributed by atoms with E-state index in [0.717, 1.165) is 18.2 Å². The summed E-state index contributed by atoms with van der Waals surface area (Å²) < 4.78 is 53.0. The van der Waals surface area contributed by atoms with E-state index in [2.05, 4.69) is 0 Å². The molecule has 0 unspecified atom stereocenters. The topological polar surface area (TPSA) is 70.0 Å². The third-order valence-corrected chi connectivity index (χ3v) is 4.54. The molecule has 0 saturated carbocycles. The number of nitrogens with zero attached hydrogens (tertiary/aromatic N) is 1. The highest BCUT2D eigenvalue weighted by Gasteiger charge is 2.36. The minimum absolute atomic E-state index is 0.373. The van der Waals surface area contributed by atoms with Gasteiger partial charge in [0.2, 0.25) is 10.0 Å². The number of hydrogen-bond donors (Lipinski definition) is 1. The van der Waals surface area contributed by atoms with Crippen molar-refractivity contribution in [3.05, 3.63) is 29.8 Å².